The highest BCUT2D eigenvalue weighted by Crippen LogP contribution is 2.18. The van der Waals surface area contributed by atoms with Gasteiger partial charge in [-0.15, -0.1) is 0 Å². The second-order valence-corrected chi connectivity index (χ2v) is 4.63. The molecule has 1 amide bonds. The number of halogens is 2. The Morgan fingerprint density at radius 3 is 2.89 bits per heavy atom. The number of benzene rings is 1. The molecule has 1 heterocycles. The molecule has 5 heteroatoms. The van der Waals surface area contributed by atoms with Crippen molar-refractivity contribution in [1.82, 2.24) is 4.98 Å². The third-order valence-corrected chi connectivity index (χ3v) is 2.92. The van der Waals surface area contributed by atoms with Gasteiger partial charge in [-0.2, -0.15) is 0 Å². The van der Waals surface area contributed by atoms with Crippen LogP contribution in [0, 0.1) is 12.7 Å². The molecule has 0 radical (unpaired) electrons. The molecule has 18 heavy (non-hydrogen) atoms. The highest BCUT2D eigenvalue weighted by atomic mass is 79.9. The smallest absolute Gasteiger partial charge is 0.258 e. The molecule has 0 aliphatic carbocycles. The van der Waals surface area contributed by atoms with Crippen molar-refractivity contribution in [3.05, 3.63) is 58.1 Å². The van der Waals surface area contributed by atoms with Gasteiger partial charge in [-0.3, -0.25) is 9.78 Å². The lowest BCUT2D eigenvalue weighted by Crippen LogP contribution is -2.14. The van der Waals surface area contributed by atoms with Crippen LogP contribution in [0.1, 0.15) is 16.1 Å². The zero-order chi connectivity index (χ0) is 13.1. The Hall–Kier alpha value is -1.75. The van der Waals surface area contributed by atoms with E-state index in [1.54, 1.807) is 31.3 Å². The summed E-state index contributed by atoms with van der Waals surface area (Å²) in [6.07, 6.45) is 1.63. The van der Waals surface area contributed by atoms with Crippen LogP contribution in [0.15, 0.2) is 41.0 Å². The molecule has 0 saturated carbocycles. The second kappa shape index (κ2) is 5.27. The fourth-order valence-electron chi connectivity index (χ4n) is 1.48. The maximum atomic E-state index is 13.5. The van der Waals surface area contributed by atoms with Gasteiger partial charge >= 0.3 is 0 Å². The third kappa shape index (κ3) is 2.73. The number of hydrogen-bond donors (Lipinski definition) is 1. The van der Waals surface area contributed by atoms with Gasteiger partial charge in [-0.05, 0) is 37.3 Å². The monoisotopic (exact) mass is 308 g/mol. The molecule has 1 N–H and O–H groups in total. The first-order chi connectivity index (χ1) is 8.58. The Bertz CT molecular complexity index is 601. The maximum Gasteiger partial charge on any atom is 0.258 e. The number of rotatable bonds is 2. The van der Waals surface area contributed by atoms with Crippen LogP contribution in [0.5, 0.6) is 0 Å². The number of pyridine rings is 1. The van der Waals surface area contributed by atoms with Crippen LogP contribution in [0.2, 0.25) is 0 Å². The Morgan fingerprint density at radius 1 is 1.39 bits per heavy atom. The fourth-order valence-corrected chi connectivity index (χ4v) is 1.84. The van der Waals surface area contributed by atoms with Gasteiger partial charge in [-0.25, -0.2) is 4.39 Å². The molecule has 0 aliphatic rings. The van der Waals surface area contributed by atoms with Crippen molar-refractivity contribution < 1.29 is 9.18 Å². The van der Waals surface area contributed by atoms with E-state index in [4.69, 9.17) is 0 Å². The molecule has 1 aromatic heterocycles. The molecular weight excluding hydrogens is 299 g/mol. The van der Waals surface area contributed by atoms with Gasteiger partial charge in [0.2, 0.25) is 0 Å². The lowest BCUT2D eigenvalue weighted by atomic mass is 10.2. The molecular formula is C13H10BrFN2O. The minimum absolute atomic E-state index is 0.00683. The number of hydrogen-bond acceptors (Lipinski definition) is 2. The van der Waals surface area contributed by atoms with E-state index in [1.165, 1.54) is 12.1 Å². The molecule has 0 fully saturated rings. The topological polar surface area (TPSA) is 42.0 Å². The van der Waals surface area contributed by atoms with Crippen molar-refractivity contribution in [2.75, 3.05) is 5.32 Å². The first-order valence-corrected chi connectivity index (χ1v) is 6.05. The lowest BCUT2D eigenvalue weighted by Gasteiger charge is -2.08. The number of anilines is 1. The summed E-state index contributed by atoms with van der Waals surface area (Å²) in [6, 6.07) is 7.66. The van der Waals surface area contributed by atoms with Crippen LogP contribution < -0.4 is 5.32 Å². The average molecular weight is 309 g/mol. The summed E-state index contributed by atoms with van der Waals surface area (Å²) in [4.78, 5) is 16.0. The van der Waals surface area contributed by atoms with Crippen molar-refractivity contribution in [3.63, 3.8) is 0 Å². The molecule has 0 saturated heterocycles. The van der Waals surface area contributed by atoms with E-state index in [0.29, 0.717) is 15.9 Å². The summed E-state index contributed by atoms with van der Waals surface area (Å²) in [5.74, 6) is -1.05. The normalized spacial score (nSPS) is 10.2. The van der Waals surface area contributed by atoms with E-state index in [9.17, 15) is 9.18 Å². The first kappa shape index (κ1) is 12.7. The molecule has 0 aliphatic heterocycles. The SMILES string of the molecule is Cc1ncccc1NC(=O)c1cc(Br)ccc1F. The minimum Gasteiger partial charge on any atom is -0.320 e. The van der Waals surface area contributed by atoms with Gasteiger partial charge in [0.25, 0.3) is 5.91 Å². The van der Waals surface area contributed by atoms with Crippen molar-refractivity contribution in [1.29, 1.82) is 0 Å². The van der Waals surface area contributed by atoms with Crippen molar-refractivity contribution in [2.45, 2.75) is 6.92 Å². The molecule has 3 nitrogen and oxygen atoms in total. The quantitative estimate of drug-likeness (QED) is 0.922. The number of carbonyl (C=O) groups excluding carboxylic acids is 1. The average Bonchev–Trinajstić information content (AvgIpc) is 2.35. The summed E-state index contributed by atoms with van der Waals surface area (Å²) < 4.78 is 14.2. The van der Waals surface area contributed by atoms with Gasteiger partial charge in [-0.1, -0.05) is 15.9 Å². The van der Waals surface area contributed by atoms with Crippen molar-refractivity contribution in [2.24, 2.45) is 0 Å². The zero-order valence-electron chi connectivity index (χ0n) is 9.58. The number of amides is 1. The van der Waals surface area contributed by atoms with E-state index in [2.05, 4.69) is 26.2 Å². The predicted molar refractivity (Wildman–Crippen MR) is 71.0 cm³/mol. The highest BCUT2D eigenvalue weighted by molar-refractivity contribution is 9.10. The van der Waals surface area contributed by atoms with Crippen LogP contribution in [-0.2, 0) is 0 Å². The maximum absolute atomic E-state index is 13.5. The number of nitrogens with zero attached hydrogens (tertiary/aromatic N) is 1. The van der Waals surface area contributed by atoms with Crippen molar-refractivity contribution >= 4 is 27.5 Å². The first-order valence-electron chi connectivity index (χ1n) is 5.26. The Kier molecular flexibility index (Phi) is 3.72. The van der Waals surface area contributed by atoms with Crippen LogP contribution in [0.25, 0.3) is 0 Å². The largest absolute Gasteiger partial charge is 0.320 e. The second-order valence-electron chi connectivity index (χ2n) is 3.71. The summed E-state index contributed by atoms with van der Waals surface area (Å²) in [6.45, 7) is 1.77. The molecule has 1 aromatic carbocycles. The Labute approximate surface area is 112 Å². The van der Waals surface area contributed by atoms with Crippen LogP contribution >= 0.6 is 15.9 Å². The summed E-state index contributed by atoms with van der Waals surface area (Å²) in [7, 11) is 0. The number of carbonyl (C=O) groups is 1. The Balaban J connectivity index is 2.28. The third-order valence-electron chi connectivity index (χ3n) is 2.43. The van der Waals surface area contributed by atoms with E-state index < -0.39 is 11.7 Å². The Morgan fingerprint density at radius 2 is 2.17 bits per heavy atom. The zero-order valence-corrected chi connectivity index (χ0v) is 11.2. The molecule has 2 rings (SSSR count). The van der Waals surface area contributed by atoms with Gasteiger partial charge in [0.15, 0.2) is 0 Å². The minimum atomic E-state index is -0.558. The fraction of sp³-hybridized carbons (Fsp3) is 0.0769. The standard InChI is InChI=1S/C13H10BrFN2O/c1-8-12(3-2-6-16-8)17-13(18)10-7-9(14)4-5-11(10)15/h2-7H,1H3,(H,17,18). The molecule has 0 spiro atoms. The summed E-state index contributed by atoms with van der Waals surface area (Å²) in [5, 5.41) is 2.63. The van der Waals surface area contributed by atoms with E-state index in [1.807, 2.05) is 0 Å². The number of aryl methyl sites for hydroxylation is 1. The number of aromatic nitrogens is 1. The van der Waals surface area contributed by atoms with Gasteiger partial charge < -0.3 is 5.32 Å². The summed E-state index contributed by atoms with van der Waals surface area (Å²) >= 11 is 3.21. The van der Waals surface area contributed by atoms with Crippen LogP contribution in [0.4, 0.5) is 10.1 Å². The highest BCUT2D eigenvalue weighted by Gasteiger charge is 2.13. The van der Waals surface area contributed by atoms with Crippen molar-refractivity contribution in [3.8, 4) is 0 Å². The van der Waals surface area contributed by atoms with Gasteiger partial charge in [0, 0.05) is 10.7 Å². The molecule has 0 bridgehead atoms. The predicted octanol–water partition coefficient (Wildman–Crippen LogP) is 3.54. The van der Waals surface area contributed by atoms with Crippen LogP contribution in [-0.4, -0.2) is 10.9 Å². The molecule has 0 unspecified atom stereocenters. The van der Waals surface area contributed by atoms with Crippen LogP contribution in [0.3, 0.4) is 0 Å². The van der Waals surface area contributed by atoms with E-state index in [-0.39, 0.29) is 5.56 Å². The van der Waals surface area contributed by atoms with E-state index in [0.717, 1.165) is 0 Å². The molecule has 0 atom stereocenters. The lowest BCUT2D eigenvalue weighted by molar-refractivity contribution is 0.102. The van der Waals surface area contributed by atoms with Gasteiger partial charge in [0.1, 0.15) is 5.82 Å². The molecule has 92 valence electrons. The molecule has 2 aromatic rings. The van der Waals surface area contributed by atoms with E-state index >= 15 is 0 Å². The number of nitrogens with one attached hydrogen (secondary N) is 1. The van der Waals surface area contributed by atoms with Gasteiger partial charge in [0.05, 0.1) is 16.9 Å². The summed E-state index contributed by atoms with van der Waals surface area (Å²) in [5.41, 5.74) is 1.25.